The van der Waals surface area contributed by atoms with Gasteiger partial charge in [0.15, 0.2) is 0 Å². The molecule has 0 amide bonds. The third kappa shape index (κ3) is 2.37. The van der Waals surface area contributed by atoms with Gasteiger partial charge in [0.25, 0.3) is 0 Å². The molecule has 1 fully saturated rings. The van der Waals surface area contributed by atoms with E-state index in [0.717, 1.165) is 19.6 Å². The molecule has 0 aliphatic carbocycles. The Morgan fingerprint density at radius 2 is 2.12 bits per heavy atom. The topological polar surface area (TPSA) is 15.3 Å². The number of nitrogens with zero attached hydrogens (tertiary/aromatic N) is 1. The molecule has 1 saturated heterocycles. The maximum Gasteiger partial charge on any atom is 0.0348 e. The van der Waals surface area contributed by atoms with Crippen LogP contribution in [0.1, 0.15) is 11.1 Å². The van der Waals surface area contributed by atoms with E-state index in [0.29, 0.717) is 0 Å². The first-order valence-electron chi connectivity index (χ1n) is 6.23. The predicted octanol–water partition coefficient (Wildman–Crippen LogP) is 2.61. The van der Waals surface area contributed by atoms with Crippen LogP contribution in [0.3, 0.4) is 0 Å². The second kappa shape index (κ2) is 4.77. The number of hydrogen-bond donors (Lipinski definition) is 1. The highest BCUT2D eigenvalue weighted by Gasteiger charge is 2.12. The summed E-state index contributed by atoms with van der Waals surface area (Å²) in [6, 6.07) is 6.79. The summed E-state index contributed by atoms with van der Waals surface area (Å²) in [5.41, 5.74) is 2.85. The fraction of sp³-hybridized carbons (Fsp3) is 0.429. The van der Waals surface area contributed by atoms with Gasteiger partial charge < -0.3 is 5.32 Å². The summed E-state index contributed by atoms with van der Waals surface area (Å²) in [4.78, 5) is 2.54. The van der Waals surface area contributed by atoms with Gasteiger partial charge in [-0.15, -0.1) is 11.3 Å². The minimum atomic E-state index is 1.10. The first-order chi connectivity index (χ1) is 8.33. The van der Waals surface area contributed by atoms with Gasteiger partial charge in [-0.2, -0.15) is 0 Å². The second-order valence-corrected chi connectivity index (χ2v) is 5.70. The van der Waals surface area contributed by atoms with Gasteiger partial charge in [-0.3, -0.25) is 4.90 Å². The Balaban J connectivity index is 1.84. The summed E-state index contributed by atoms with van der Waals surface area (Å²) < 4.78 is 1.43. The van der Waals surface area contributed by atoms with E-state index in [9.17, 15) is 0 Å². The Morgan fingerprint density at radius 3 is 2.94 bits per heavy atom. The number of thiophene rings is 1. The number of aryl methyl sites for hydroxylation is 1. The third-order valence-electron chi connectivity index (χ3n) is 3.41. The number of fused-ring (bicyclic) bond motifs is 1. The zero-order chi connectivity index (χ0) is 11.7. The molecule has 1 aromatic carbocycles. The van der Waals surface area contributed by atoms with Gasteiger partial charge >= 0.3 is 0 Å². The van der Waals surface area contributed by atoms with Crippen LogP contribution < -0.4 is 5.32 Å². The molecule has 1 N–H and O–H groups in total. The van der Waals surface area contributed by atoms with E-state index in [1.54, 1.807) is 0 Å². The van der Waals surface area contributed by atoms with Crippen LogP contribution in [-0.4, -0.2) is 31.1 Å². The van der Waals surface area contributed by atoms with Crippen LogP contribution in [0.2, 0.25) is 0 Å². The molecule has 3 heteroatoms. The number of benzene rings is 1. The smallest absolute Gasteiger partial charge is 0.0348 e. The number of rotatable bonds is 2. The lowest BCUT2D eigenvalue weighted by molar-refractivity contribution is 0.234. The van der Waals surface area contributed by atoms with Gasteiger partial charge in [0, 0.05) is 37.4 Å². The number of piperazine rings is 1. The Morgan fingerprint density at radius 1 is 1.29 bits per heavy atom. The molecule has 1 aliphatic heterocycles. The molecule has 1 aromatic heterocycles. The second-order valence-electron chi connectivity index (χ2n) is 4.79. The Bertz CT molecular complexity index is 512. The highest BCUT2D eigenvalue weighted by Crippen LogP contribution is 2.27. The third-order valence-corrected chi connectivity index (χ3v) is 4.41. The van der Waals surface area contributed by atoms with Crippen LogP contribution in [-0.2, 0) is 6.54 Å². The maximum atomic E-state index is 3.40. The molecule has 0 saturated carbocycles. The first-order valence-corrected chi connectivity index (χ1v) is 7.11. The summed E-state index contributed by atoms with van der Waals surface area (Å²) >= 11 is 1.87. The molecule has 2 heterocycles. The maximum absolute atomic E-state index is 3.40. The van der Waals surface area contributed by atoms with E-state index in [-0.39, 0.29) is 0 Å². The molecule has 0 unspecified atom stereocenters. The van der Waals surface area contributed by atoms with Gasteiger partial charge in [0.05, 0.1) is 0 Å². The van der Waals surface area contributed by atoms with Gasteiger partial charge in [-0.05, 0) is 34.9 Å². The molecule has 0 bridgehead atoms. The summed E-state index contributed by atoms with van der Waals surface area (Å²) in [6.07, 6.45) is 0. The lowest BCUT2D eigenvalue weighted by atomic mass is 10.1. The number of nitrogens with one attached hydrogen (secondary N) is 1. The fourth-order valence-corrected chi connectivity index (χ4v) is 3.47. The van der Waals surface area contributed by atoms with Gasteiger partial charge in [-0.25, -0.2) is 0 Å². The highest BCUT2D eigenvalue weighted by atomic mass is 32.1. The molecule has 1 aliphatic rings. The summed E-state index contributed by atoms with van der Waals surface area (Å²) in [5.74, 6) is 0. The highest BCUT2D eigenvalue weighted by molar-refractivity contribution is 7.17. The van der Waals surface area contributed by atoms with Crippen molar-refractivity contribution in [3.63, 3.8) is 0 Å². The average Bonchev–Trinajstić information content (AvgIpc) is 2.73. The van der Waals surface area contributed by atoms with Crippen LogP contribution >= 0.6 is 11.3 Å². The van der Waals surface area contributed by atoms with Crippen LogP contribution in [0, 0.1) is 6.92 Å². The minimum absolute atomic E-state index is 1.10. The van der Waals surface area contributed by atoms with E-state index in [2.05, 4.69) is 40.7 Å². The Kier molecular flexibility index (Phi) is 3.14. The normalized spacial score (nSPS) is 17.7. The number of hydrogen-bond acceptors (Lipinski definition) is 3. The minimum Gasteiger partial charge on any atom is -0.314 e. The quantitative estimate of drug-likeness (QED) is 0.876. The van der Waals surface area contributed by atoms with Crippen molar-refractivity contribution >= 4 is 21.4 Å². The molecule has 90 valence electrons. The summed E-state index contributed by atoms with van der Waals surface area (Å²) in [7, 11) is 0. The Hall–Kier alpha value is -0.900. The van der Waals surface area contributed by atoms with Crippen molar-refractivity contribution in [2.45, 2.75) is 13.5 Å². The van der Waals surface area contributed by atoms with E-state index < -0.39 is 0 Å². The van der Waals surface area contributed by atoms with E-state index in [4.69, 9.17) is 0 Å². The zero-order valence-corrected chi connectivity index (χ0v) is 11.0. The molecule has 2 aromatic rings. The van der Waals surface area contributed by atoms with E-state index in [1.807, 2.05) is 11.3 Å². The summed E-state index contributed by atoms with van der Waals surface area (Å²) in [6.45, 7) is 7.86. The van der Waals surface area contributed by atoms with Crippen molar-refractivity contribution in [3.8, 4) is 0 Å². The molecule has 3 rings (SSSR count). The van der Waals surface area contributed by atoms with Gasteiger partial charge in [0.2, 0.25) is 0 Å². The average molecular weight is 246 g/mol. The van der Waals surface area contributed by atoms with Crippen molar-refractivity contribution in [1.82, 2.24) is 10.2 Å². The molecule has 0 spiro atoms. The Labute approximate surface area is 106 Å². The standard InChI is InChI=1S/C14H18N2S/c1-11-2-3-13-12(10-17-14(13)8-11)9-16-6-4-15-5-7-16/h2-3,8,10,15H,4-7,9H2,1H3. The molecule has 17 heavy (non-hydrogen) atoms. The lowest BCUT2D eigenvalue weighted by Gasteiger charge is -2.26. The van der Waals surface area contributed by atoms with Crippen molar-refractivity contribution in [1.29, 1.82) is 0 Å². The molecular formula is C14H18N2S. The van der Waals surface area contributed by atoms with Crippen LogP contribution in [0.4, 0.5) is 0 Å². The van der Waals surface area contributed by atoms with E-state index in [1.165, 1.54) is 34.3 Å². The first kappa shape index (κ1) is 11.2. The van der Waals surface area contributed by atoms with Crippen molar-refractivity contribution < 1.29 is 0 Å². The van der Waals surface area contributed by atoms with Gasteiger partial charge in [-0.1, -0.05) is 12.1 Å². The fourth-order valence-electron chi connectivity index (χ4n) is 2.42. The summed E-state index contributed by atoms with van der Waals surface area (Å²) in [5, 5.41) is 7.17. The zero-order valence-electron chi connectivity index (χ0n) is 10.2. The van der Waals surface area contributed by atoms with Gasteiger partial charge in [0.1, 0.15) is 0 Å². The lowest BCUT2D eigenvalue weighted by Crippen LogP contribution is -2.42. The molecule has 0 radical (unpaired) electrons. The van der Waals surface area contributed by atoms with Crippen molar-refractivity contribution in [3.05, 3.63) is 34.7 Å². The van der Waals surface area contributed by atoms with Crippen LogP contribution in [0.5, 0.6) is 0 Å². The SMILES string of the molecule is Cc1ccc2c(CN3CCNCC3)csc2c1. The molecule has 0 atom stereocenters. The predicted molar refractivity (Wildman–Crippen MR) is 74.7 cm³/mol. The van der Waals surface area contributed by atoms with Crippen molar-refractivity contribution in [2.24, 2.45) is 0 Å². The molecule has 2 nitrogen and oxygen atoms in total. The monoisotopic (exact) mass is 246 g/mol. The largest absolute Gasteiger partial charge is 0.314 e. The van der Waals surface area contributed by atoms with E-state index >= 15 is 0 Å². The van der Waals surface area contributed by atoms with Crippen LogP contribution in [0.15, 0.2) is 23.6 Å². The van der Waals surface area contributed by atoms with Crippen molar-refractivity contribution in [2.75, 3.05) is 26.2 Å². The van der Waals surface area contributed by atoms with Crippen LogP contribution in [0.25, 0.3) is 10.1 Å². The molecular weight excluding hydrogens is 228 g/mol.